The van der Waals surface area contributed by atoms with E-state index in [2.05, 4.69) is 4.72 Å². The third kappa shape index (κ3) is 6.09. The fraction of sp³-hybridized carbons (Fsp3) is 1.00. The summed E-state index contributed by atoms with van der Waals surface area (Å²) < 4.78 is 26.2. The minimum absolute atomic E-state index is 0.118. The number of rotatable bonds is 7. The van der Waals surface area contributed by atoms with Crippen LogP contribution in [0.1, 0.15) is 26.7 Å². The summed E-state index contributed by atoms with van der Waals surface area (Å²) in [5.41, 5.74) is -0.135. The van der Waals surface area contributed by atoms with E-state index in [0.717, 1.165) is 17.1 Å². The van der Waals surface area contributed by atoms with Gasteiger partial charge in [0.2, 0.25) is 0 Å². The summed E-state index contributed by atoms with van der Waals surface area (Å²) in [6, 6.07) is 0. The first kappa shape index (κ1) is 14.8. The molecule has 92 valence electrons. The highest BCUT2D eigenvalue weighted by molar-refractivity contribution is 7.87. The molecule has 0 aromatic carbocycles. The Balaban J connectivity index is 3.83. The van der Waals surface area contributed by atoms with Crippen molar-refractivity contribution in [1.82, 2.24) is 9.03 Å². The lowest BCUT2D eigenvalue weighted by Gasteiger charge is -2.21. The predicted octanol–water partition coefficient (Wildman–Crippen LogP) is 0.181. The largest absolute Gasteiger partial charge is 0.396 e. The Hall–Kier alpha value is -0.170. The van der Waals surface area contributed by atoms with Gasteiger partial charge in [0.1, 0.15) is 0 Å². The summed E-state index contributed by atoms with van der Waals surface area (Å²) in [6.45, 7) is 4.43. The molecule has 0 saturated carbocycles. The lowest BCUT2D eigenvalue weighted by Crippen LogP contribution is -2.36. The minimum atomic E-state index is -3.30. The van der Waals surface area contributed by atoms with Crippen molar-refractivity contribution in [2.24, 2.45) is 5.41 Å². The molecule has 0 rings (SSSR count). The third-order valence-corrected chi connectivity index (χ3v) is 3.75. The van der Waals surface area contributed by atoms with Crippen LogP contribution in [0, 0.1) is 5.41 Å². The van der Waals surface area contributed by atoms with Crippen molar-refractivity contribution in [1.29, 1.82) is 0 Å². The van der Waals surface area contributed by atoms with Crippen molar-refractivity contribution in [3.63, 3.8) is 0 Å². The van der Waals surface area contributed by atoms with Crippen molar-refractivity contribution >= 4 is 10.2 Å². The monoisotopic (exact) mass is 238 g/mol. The molecule has 0 amide bonds. The molecule has 0 unspecified atom stereocenters. The van der Waals surface area contributed by atoms with Crippen LogP contribution in [-0.2, 0) is 10.2 Å². The molecule has 0 aliphatic carbocycles. The third-order valence-electron chi connectivity index (χ3n) is 2.22. The van der Waals surface area contributed by atoms with Crippen LogP contribution in [0.3, 0.4) is 0 Å². The highest BCUT2D eigenvalue weighted by Crippen LogP contribution is 2.20. The van der Waals surface area contributed by atoms with E-state index in [4.69, 9.17) is 5.11 Å². The van der Waals surface area contributed by atoms with Crippen LogP contribution in [-0.4, -0.2) is 45.1 Å². The smallest absolute Gasteiger partial charge is 0.278 e. The predicted molar refractivity (Wildman–Crippen MR) is 60.7 cm³/mol. The molecule has 6 heteroatoms. The molecule has 0 aliphatic rings. The molecule has 0 saturated heterocycles. The molecule has 15 heavy (non-hydrogen) atoms. The average Bonchev–Trinajstić information content (AvgIpc) is 2.12. The second-order valence-corrected chi connectivity index (χ2v) is 6.58. The number of aliphatic hydroxyl groups excluding tert-OH is 1. The van der Waals surface area contributed by atoms with Crippen LogP contribution >= 0.6 is 0 Å². The van der Waals surface area contributed by atoms with Gasteiger partial charge < -0.3 is 5.11 Å². The molecule has 0 heterocycles. The Morgan fingerprint density at radius 3 is 2.27 bits per heavy atom. The molecule has 2 N–H and O–H groups in total. The van der Waals surface area contributed by atoms with E-state index < -0.39 is 10.2 Å². The molecule has 0 atom stereocenters. The first-order chi connectivity index (χ1) is 6.71. The maximum atomic E-state index is 11.3. The van der Waals surface area contributed by atoms with Gasteiger partial charge >= 0.3 is 0 Å². The first-order valence-corrected chi connectivity index (χ1v) is 6.43. The lowest BCUT2D eigenvalue weighted by molar-refractivity contribution is 0.148. The zero-order valence-electron chi connectivity index (χ0n) is 9.95. The van der Waals surface area contributed by atoms with E-state index in [1.807, 2.05) is 13.8 Å². The Morgan fingerprint density at radius 2 is 1.87 bits per heavy atom. The number of hydrogen-bond donors (Lipinski definition) is 2. The highest BCUT2D eigenvalue weighted by atomic mass is 32.2. The molecule has 0 aromatic heterocycles. The van der Waals surface area contributed by atoms with E-state index in [-0.39, 0.29) is 12.0 Å². The summed E-state index contributed by atoms with van der Waals surface area (Å²) in [5.74, 6) is 0. The first-order valence-electron chi connectivity index (χ1n) is 4.99. The number of nitrogens with one attached hydrogen (secondary N) is 1. The van der Waals surface area contributed by atoms with Gasteiger partial charge in [-0.15, -0.1) is 0 Å². The Morgan fingerprint density at radius 1 is 1.33 bits per heavy atom. The van der Waals surface area contributed by atoms with E-state index >= 15 is 0 Å². The van der Waals surface area contributed by atoms with Crippen molar-refractivity contribution in [2.45, 2.75) is 26.7 Å². The van der Waals surface area contributed by atoms with Crippen LogP contribution in [0.15, 0.2) is 0 Å². The maximum absolute atomic E-state index is 11.3. The fourth-order valence-corrected chi connectivity index (χ4v) is 1.64. The van der Waals surface area contributed by atoms with Gasteiger partial charge in [-0.3, -0.25) is 0 Å². The zero-order chi connectivity index (χ0) is 12.1. The molecule has 0 bridgehead atoms. The second kappa shape index (κ2) is 5.79. The number of aliphatic hydroxyl groups is 1. The Labute approximate surface area is 92.7 Å². The van der Waals surface area contributed by atoms with Gasteiger partial charge in [0, 0.05) is 27.2 Å². The van der Waals surface area contributed by atoms with Crippen LogP contribution in [0.2, 0.25) is 0 Å². The summed E-state index contributed by atoms with van der Waals surface area (Å²) in [5, 5.41) is 8.99. The molecule has 5 nitrogen and oxygen atoms in total. The van der Waals surface area contributed by atoms with Gasteiger partial charge in [0.15, 0.2) is 0 Å². The molecular weight excluding hydrogens is 216 g/mol. The summed E-state index contributed by atoms with van der Waals surface area (Å²) in [7, 11) is -0.330. The highest BCUT2D eigenvalue weighted by Gasteiger charge is 2.17. The zero-order valence-corrected chi connectivity index (χ0v) is 10.8. The van der Waals surface area contributed by atoms with Gasteiger partial charge in [-0.1, -0.05) is 13.8 Å². The minimum Gasteiger partial charge on any atom is -0.396 e. The normalized spacial score (nSPS) is 13.5. The summed E-state index contributed by atoms with van der Waals surface area (Å²) in [4.78, 5) is 0. The Bertz CT molecular complexity index is 273. The SMILES string of the molecule is CN(C)S(=O)(=O)NCCCC(C)(C)CO. The van der Waals surface area contributed by atoms with Crippen LogP contribution in [0.4, 0.5) is 0 Å². The average molecular weight is 238 g/mol. The van der Waals surface area contributed by atoms with Crippen LogP contribution in [0.5, 0.6) is 0 Å². The molecule has 0 spiro atoms. The van der Waals surface area contributed by atoms with Gasteiger partial charge in [-0.25, -0.2) is 4.72 Å². The topological polar surface area (TPSA) is 69.6 Å². The maximum Gasteiger partial charge on any atom is 0.278 e. The van der Waals surface area contributed by atoms with Crippen LogP contribution < -0.4 is 4.72 Å². The standard InChI is InChI=1S/C9H22N2O3S/c1-9(2,8-12)6-5-7-10-15(13,14)11(3)4/h10,12H,5-8H2,1-4H3. The number of hydrogen-bond acceptors (Lipinski definition) is 3. The molecule has 0 aliphatic heterocycles. The Kier molecular flexibility index (Phi) is 5.72. The quantitative estimate of drug-likeness (QED) is 0.622. The number of nitrogens with zero attached hydrogens (tertiary/aromatic N) is 1. The lowest BCUT2D eigenvalue weighted by atomic mass is 9.89. The van der Waals surface area contributed by atoms with E-state index in [9.17, 15) is 8.42 Å². The fourth-order valence-electron chi connectivity index (χ4n) is 0.976. The van der Waals surface area contributed by atoms with Gasteiger partial charge in [0.05, 0.1) is 0 Å². The van der Waals surface area contributed by atoms with E-state index in [0.29, 0.717) is 6.54 Å². The van der Waals surface area contributed by atoms with Crippen molar-refractivity contribution in [3.8, 4) is 0 Å². The van der Waals surface area contributed by atoms with Crippen molar-refractivity contribution in [3.05, 3.63) is 0 Å². The summed E-state index contributed by atoms with van der Waals surface area (Å²) >= 11 is 0. The van der Waals surface area contributed by atoms with Crippen molar-refractivity contribution < 1.29 is 13.5 Å². The molecule has 0 radical (unpaired) electrons. The molecule has 0 aromatic rings. The van der Waals surface area contributed by atoms with E-state index in [1.54, 1.807) is 0 Å². The van der Waals surface area contributed by atoms with Gasteiger partial charge in [-0.2, -0.15) is 12.7 Å². The second-order valence-electron chi connectivity index (χ2n) is 4.61. The van der Waals surface area contributed by atoms with Crippen LogP contribution in [0.25, 0.3) is 0 Å². The van der Waals surface area contributed by atoms with Crippen molar-refractivity contribution in [2.75, 3.05) is 27.2 Å². The van der Waals surface area contributed by atoms with Gasteiger partial charge in [-0.05, 0) is 18.3 Å². The molecule has 0 fully saturated rings. The molecular formula is C9H22N2O3S. The van der Waals surface area contributed by atoms with E-state index in [1.165, 1.54) is 14.1 Å². The van der Waals surface area contributed by atoms with Gasteiger partial charge in [0.25, 0.3) is 10.2 Å². The summed E-state index contributed by atoms with van der Waals surface area (Å²) in [6.07, 6.45) is 1.51.